The van der Waals surface area contributed by atoms with Crippen molar-refractivity contribution < 1.29 is 18.7 Å². The number of piperidine rings is 1. The van der Waals surface area contributed by atoms with Crippen molar-refractivity contribution >= 4 is 23.3 Å². The number of methoxy groups -OCH3 is 1. The first-order valence-corrected chi connectivity index (χ1v) is 11.1. The van der Waals surface area contributed by atoms with Crippen LogP contribution < -0.4 is 14.5 Å². The maximum atomic E-state index is 14.1. The summed E-state index contributed by atoms with van der Waals surface area (Å²) < 4.78 is 19.3. The molecule has 3 amide bonds. The van der Waals surface area contributed by atoms with Gasteiger partial charge in [-0.25, -0.2) is 9.18 Å². The van der Waals surface area contributed by atoms with Gasteiger partial charge in [-0.3, -0.25) is 14.6 Å². The second-order valence-corrected chi connectivity index (χ2v) is 8.88. The number of anilines is 2. The summed E-state index contributed by atoms with van der Waals surface area (Å²) in [5, 5.41) is 0. The van der Waals surface area contributed by atoms with E-state index in [1.807, 2.05) is 49.4 Å². The maximum absolute atomic E-state index is 14.1. The number of carbonyl (C=O) groups is 2. The van der Waals surface area contributed by atoms with E-state index in [0.29, 0.717) is 32.5 Å². The van der Waals surface area contributed by atoms with Crippen molar-refractivity contribution in [3.8, 4) is 5.75 Å². The predicted octanol–water partition coefficient (Wildman–Crippen LogP) is 4.69. The Kier molecular flexibility index (Phi) is 6.09. The van der Waals surface area contributed by atoms with Crippen LogP contribution in [0.25, 0.3) is 0 Å². The zero-order valence-corrected chi connectivity index (χ0v) is 18.9. The number of alkyl halides is 1. The molecule has 2 heterocycles. The fraction of sp³-hybridized carbons (Fsp3) is 0.440. The van der Waals surface area contributed by atoms with E-state index in [4.69, 9.17) is 4.74 Å². The number of urea groups is 1. The predicted molar refractivity (Wildman–Crippen MR) is 123 cm³/mol. The number of halogens is 1. The van der Waals surface area contributed by atoms with E-state index in [1.54, 1.807) is 18.9 Å². The number of imide groups is 1. The van der Waals surface area contributed by atoms with Crippen LogP contribution in [0.4, 0.5) is 20.6 Å². The van der Waals surface area contributed by atoms with E-state index in [1.165, 1.54) is 4.90 Å². The molecule has 2 saturated heterocycles. The lowest BCUT2D eigenvalue weighted by molar-refractivity contribution is -0.129. The van der Waals surface area contributed by atoms with Crippen molar-refractivity contribution in [2.24, 2.45) is 0 Å². The van der Waals surface area contributed by atoms with Gasteiger partial charge in [0.15, 0.2) is 0 Å². The molecule has 0 spiro atoms. The van der Waals surface area contributed by atoms with Gasteiger partial charge in [0.25, 0.3) is 0 Å². The summed E-state index contributed by atoms with van der Waals surface area (Å²) in [6.45, 7) is 5.59. The summed E-state index contributed by atoms with van der Waals surface area (Å²) in [6, 6.07) is 13.0. The number of carbonyl (C=O) groups excluding carboxylic acids is 2. The summed E-state index contributed by atoms with van der Waals surface area (Å²) >= 11 is 0. The van der Waals surface area contributed by atoms with Gasteiger partial charge in [0.2, 0.25) is 5.91 Å². The Labute approximate surface area is 188 Å². The molecule has 0 aromatic heterocycles. The highest BCUT2D eigenvalue weighted by atomic mass is 19.1. The van der Waals surface area contributed by atoms with Crippen LogP contribution in [0.1, 0.15) is 37.3 Å². The summed E-state index contributed by atoms with van der Waals surface area (Å²) in [6.07, 6.45) is 1.31. The number of amides is 3. The highest BCUT2D eigenvalue weighted by Gasteiger charge is 2.34. The highest BCUT2D eigenvalue weighted by Crippen LogP contribution is 2.32. The summed E-state index contributed by atoms with van der Waals surface area (Å²) in [7, 11) is 1.60. The van der Waals surface area contributed by atoms with Crippen LogP contribution >= 0.6 is 0 Å². The first kappa shape index (κ1) is 22.1. The number of nitrogens with zero attached hydrogens (tertiary/aromatic N) is 3. The fourth-order valence-corrected chi connectivity index (χ4v) is 4.35. The van der Waals surface area contributed by atoms with Crippen LogP contribution in [-0.4, -0.2) is 49.3 Å². The van der Waals surface area contributed by atoms with Crippen molar-refractivity contribution in [3.63, 3.8) is 0 Å². The Morgan fingerprint density at radius 2 is 1.72 bits per heavy atom. The molecule has 0 radical (unpaired) electrons. The molecule has 2 aliphatic rings. The standard InChI is InChI=1S/C25H30FN3O3/c1-18-16-20(27-14-11-25(2,26)12-15-27)6-9-22(18)28-13-10-23(30)29(24(28)31)17-19-4-7-21(32-3)8-5-19/h4-9,16H,10-15,17H2,1-3H3. The molecule has 6 nitrogen and oxygen atoms in total. The average molecular weight is 440 g/mol. The average Bonchev–Trinajstić information content (AvgIpc) is 2.77. The Balaban J connectivity index is 1.50. The summed E-state index contributed by atoms with van der Waals surface area (Å²) in [4.78, 5) is 30.9. The second kappa shape index (κ2) is 8.81. The zero-order chi connectivity index (χ0) is 22.9. The summed E-state index contributed by atoms with van der Waals surface area (Å²) in [5.74, 6) is 0.561. The molecule has 0 unspecified atom stereocenters. The van der Waals surface area contributed by atoms with Gasteiger partial charge in [-0.1, -0.05) is 12.1 Å². The van der Waals surface area contributed by atoms with Crippen LogP contribution in [0, 0.1) is 6.92 Å². The van der Waals surface area contributed by atoms with Gasteiger partial charge in [-0.15, -0.1) is 0 Å². The Bertz CT molecular complexity index is 996. The third-order valence-electron chi connectivity index (χ3n) is 6.45. The molecule has 2 aromatic carbocycles. The molecule has 2 aliphatic heterocycles. The molecule has 0 bridgehead atoms. The first-order chi connectivity index (χ1) is 15.3. The van der Waals surface area contributed by atoms with Crippen molar-refractivity contribution in [1.29, 1.82) is 0 Å². The highest BCUT2D eigenvalue weighted by molar-refractivity contribution is 6.06. The van der Waals surface area contributed by atoms with E-state index < -0.39 is 5.67 Å². The third kappa shape index (κ3) is 4.56. The number of rotatable bonds is 5. The lowest BCUT2D eigenvalue weighted by atomic mass is 9.95. The number of hydrogen-bond acceptors (Lipinski definition) is 4. The maximum Gasteiger partial charge on any atom is 0.331 e. The molecule has 4 rings (SSSR count). The van der Waals surface area contributed by atoms with Crippen molar-refractivity contribution in [2.45, 2.75) is 45.3 Å². The molecule has 0 saturated carbocycles. The van der Waals surface area contributed by atoms with E-state index in [-0.39, 0.29) is 24.9 Å². The molecule has 0 aliphatic carbocycles. The second-order valence-electron chi connectivity index (χ2n) is 8.88. The number of ether oxygens (including phenoxy) is 1. The van der Waals surface area contributed by atoms with Gasteiger partial charge in [-0.05, 0) is 68.1 Å². The first-order valence-electron chi connectivity index (χ1n) is 11.1. The van der Waals surface area contributed by atoms with Gasteiger partial charge in [0.05, 0.1) is 13.7 Å². The topological polar surface area (TPSA) is 53.1 Å². The molecule has 0 atom stereocenters. The van der Waals surface area contributed by atoms with E-state index in [9.17, 15) is 14.0 Å². The molecule has 170 valence electrons. The van der Waals surface area contributed by atoms with E-state index >= 15 is 0 Å². The van der Waals surface area contributed by atoms with Gasteiger partial charge >= 0.3 is 6.03 Å². The minimum absolute atomic E-state index is 0.168. The van der Waals surface area contributed by atoms with E-state index in [0.717, 1.165) is 28.3 Å². The quantitative estimate of drug-likeness (QED) is 0.678. The molecule has 2 fully saturated rings. The van der Waals surface area contributed by atoms with Crippen molar-refractivity contribution in [2.75, 3.05) is 36.5 Å². The summed E-state index contributed by atoms with van der Waals surface area (Å²) in [5.41, 5.74) is 2.58. The minimum atomic E-state index is -1.09. The Morgan fingerprint density at radius 3 is 2.34 bits per heavy atom. The molecular formula is C25H30FN3O3. The lowest BCUT2D eigenvalue weighted by Crippen LogP contribution is -2.52. The Morgan fingerprint density at radius 1 is 1.03 bits per heavy atom. The Hall–Kier alpha value is -3.09. The molecular weight excluding hydrogens is 409 g/mol. The SMILES string of the molecule is COc1ccc(CN2C(=O)CCN(c3ccc(N4CCC(C)(F)CC4)cc3C)C2=O)cc1. The molecule has 7 heteroatoms. The van der Waals surface area contributed by atoms with Crippen LogP contribution in [0.3, 0.4) is 0 Å². The molecule has 0 N–H and O–H groups in total. The number of aryl methyl sites for hydroxylation is 1. The third-order valence-corrected chi connectivity index (χ3v) is 6.45. The normalized spacial score (nSPS) is 18.8. The fourth-order valence-electron chi connectivity index (χ4n) is 4.35. The zero-order valence-electron chi connectivity index (χ0n) is 18.9. The van der Waals surface area contributed by atoms with Crippen LogP contribution in [-0.2, 0) is 11.3 Å². The molecule has 32 heavy (non-hydrogen) atoms. The van der Waals surface area contributed by atoms with E-state index in [2.05, 4.69) is 4.90 Å². The largest absolute Gasteiger partial charge is 0.497 e. The monoisotopic (exact) mass is 439 g/mol. The van der Waals surface area contributed by atoms with Crippen LogP contribution in [0.5, 0.6) is 5.75 Å². The van der Waals surface area contributed by atoms with Crippen LogP contribution in [0.2, 0.25) is 0 Å². The minimum Gasteiger partial charge on any atom is -0.497 e. The van der Waals surface area contributed by atoms with Crippen molar-refractivity contribution in [3.05, 3.63) is 53.6 Å². The van der Waals surface area contributed by atoms with Gasteiger partial charge in [-0.2, -0.15) is 0 Å². The number of hydrogen-bond donors (Lipinski definition) is 0. The number of benzene rings is 2. The lowest BCUT2D eigenvalue weighted by Gasteiger charge is -2.37. The van der Waals surface area contributed by atoms with Gasteiger partial charge in [0, 0.05) is 37.4 Å². The van der Waals surface area contributed by atoms with Crippen LogP contribution in [0.15, 0.2) is 42.5 Å². The van der Waals surface area contributed by atoms with Gasteiger partial charge in [0.1, 0.15) is 11.4 Å². The smallest absolute Gasteiger partial charge is 0.331 e. The van der Waals surface area contributed by atoms with Crippen molar-refractivity contribution in [1.82, 2.24) is 4.90 Å². The van der Waals surface area contributed by atoms with Gasteiger partial charge < -0.3 is 9.64 Å². The molecule has 2 aromatic rings.